The van der Waals surface area contributed by atoms with Gasteiger partial charge in [-0.05, 0) is 25.0 Å². The Hall–Kier alpha value is -1.94. The Kier molecular flexibility index (Phi) is 6.33. The lowest BCUT2D eigenvalue weighted by Crippen LogP contribution is -2.42. The normalized spacial score (nSPS) is 18.7. The van der Waals surface area contributed by atoms with Crippen molar-refractivity contribution in [2.24, 2.45) is 0 Å². The molecular formula is C19H21F3N2O3S2. The number of nitrogens with zero attached hydrogens (tertiary/aromatic N) is 2. The Morgan fingerprint density at radius 2 is 1.97 bits per heavy atom. The van der Waals surface area contributed by atoms with Gasteiger partial charge in [0.05, 0.1) is 29.2 Å². The highest BCUT2D eigenvalue weighted by Crippen LogP contribution is 2.32. The van der Waals surface area contributed by atoms with E-state index < -0.39 is 21.6 Å². The molecule has 0 bridgehead atoms. The highest BCUT2D eigenvalue weighted by Gasteiger charge is 2.34. The summed E-state index contributed by atoms with van der Waals surface area (Å²) >= 11 is 1.26. The Morgan fingerprint density at radius 3 is 2.52 bits per heavy atom. The van der Waals surface area contributed by atoms with E-state index in [1.807, 2.05) is 6.92 Å². The first-order valence-electron chi connectivity index (χ1n) is 9.21. The molecule has 29 heavy (non-hydrogen) atoms. The van der Waals surface area contributed by atoms with Gasteiger partial charge in [-0.2, -0.15) is 13.2 Å². The zero-order valence-corrected chi connectivity index (χ0v) is 17.4. The van der Waals surface area contributed by atoms with Gasteiger partial charge >= 0.3 is 6.18 Å². The van der Waals surface area contributed by atoms with Crippen molar-refractivity contribution in [1.82, 2.24) is 9.88 Å². The van der Waals surface area contributed by atoms with Gasteiger partial charge in [-0.15, -0.1) is 11.3 Å². The van der Waals surface area contributed by atoms with Crippen LogP contribution in [0.25, 0.3) is 10.6 Å². The zero-order valence-electron chi connectivity index (χ0n) is 15.8. The number of alkyl halides is 3. The first kappa shape index (κ1) is 21.8. The van der Waals surface area contributed by atoms with E-state index in [2.05, 4.69) is 4.98 Å². The smallest absolute Gasteiger partial charge is 0.338 e. The number of rotatable bonds is 6. The van der Waals surface area contributed by atoms with E-state index in [9.17, 15) is 26.4 Å². The van der Waals surface area contributed by atoms with Crippen LogP contribution in [0.1, 0.15) is 31.0 Å². The Labute approximate surface area is 171 Å². The Bertz CT molecular complexity index is 969. The highest BCUT2D eigenvalue weighted by molar-refractivity contribution is 7.91. The fraction of sp³-hybridized carbons (Fsp3) is 0.474. The van der Waals surface area contributed by atoms with Crippen molar-refractivity contribution in [3.8, 4) is 10.6 Å². The molecule has 1 fully saturated rings. The van der Waals surface area contributed by atoms with Crippen LogP contribution in [0, 0.1) is 0 Å². The molecule has 2 heterocycles. The van der Waals surface area contributed by atoms with Gasteiger partial charge in [0, 0.05) is 23.5 Å². The van der Waals surface area contributed by atoms with E-state index in [0.29, 0.717) is 29.2 Å². The first-order valence-corrected chi connectivity index (χ1v) is 11.9. The molecule has 5 nitrogen and oxygen atoms in total. The van der Waals surface area contributed by atoms with Crippen molar-refractivity contribution in [2.45, 2.75) is 38.4 Å². The molecule has 1 saturated heterocycles. The second kappa shape index (κ2) is 8.43. The van der Waals surface area contributed by atoms with Gasteiger partial charge in [-0.3, -0.25) is 4.79 Å². The molecule has 0 saturated carbocycles. The maximum absolute atomic E-state index is 12.8. The predicted octanol–water partition coefficient (Wildman–Crippen LogP) is 3.80. The minimum atomic E-state index is -4.39. The molecule has 3 rings (SSSR count). The van der Waals surface area contributed by atoms with Crippen molar-refractivity contribution >= 4 is 27.1 Å². The van der Waals surface area contributed by atoms with Crippen LogP contribution in [0.5, 0.6) is 0 Å². The van der Waals surface area contributed by atoms with Crippen LogP contribution < -0.4 is 0 Å². The zero-order chi connectivity index (χ0) is 21.2. The summed E-state index contributed by atoms with van der Waals surface area (Å²) in [4.78, 5) is 18.8. The maximum atomic E-state index is 12.8. The number of carbonyl (C=O) groups is 1. The minimum absolute atomic E-state index is 0.00733. The number of halogens is 3. The monoisotopic (exact) mass is 446 g/mol. The first-order chi connectivity index (χ1) is 13.6. The van der Waals surface area contributed by atoms with Crippen molar-refractivity contribution in [3.63, 3.8) is 0 Å². The third-order valence-electron chi connectivity index (χ3n) is 4.78. The van der Waals surface area contributed by atoms with Crippen molar-refractivity contribution in [2.75, 3.05) is 18.1 Å². The van der Waals surface area contributed by atoms with E-state index in [1.165, 1.54) is 23.5 Å². The molecule has 10 heteroatoms. The summed E-state index contributed by atoms with van der Waals surface area (Å²) in [6, 6.07) is 4.43. The second-order valence-electron chi connectivity index (χ2n) is 7.04. The van der Waals surface area contributed by atoms with E-state index >= 15 is 0 Å². The number of aromatic nitrogens is 1. The molecule has 1 atom stereocenters. The molecule has 2 aromatic rings. The van der Waals surface area contributed by atoms with Gasteiger partial charge in [0.15, 0.2) is 9.84 Å². The molecule has 0 spiro atoms. The van der Waals surface area contributed by atoms with Crippen LogP contribution in [0.15, 0.2) is 29.6 Å². The van der Waals surface area contributed by atoms with Gasteiger partial charge in [0.25, 0.3) is 0 Å². The van der Waals surface area contributed by atoms with Crippen LogP contribution in [0.2, 0.25) is 0 Å². The van der Waals surface area contributed by atoms with Crippen molar-refractivity contribution in [1.29, 1.82) is 0 Å². The SMILES string of the molecule is CCCN(C(=O)Cc1csc(-c2ccc(C(F)(F)F)cc2)n1)C1CCS(=O)(=O)C1. The van der Waals surface area contributed by atoms with Crippen LogP contribution in [-0.2, 0) is 27.2 Å². The molecular weight excluding hydrogens is 425 g/mol. The van der Waals surface area contributed by atoms with Gasteiger partial charge in [-0.1, -0.05) is 19.1 Å². The number of hydrogen-bond donors (Lipinski definition) is 0. The van der Waals surface area contributed by atoms with Crippen LogP contribution in [0.3, 0.4) is 0 Å². The van der Waals surface area contributed by atoms with Gasteiger partial charge < -0.3 is 4.90 Å². The molecule has 0 radical (unpaired) electrons. The quantitative estimate of drug-likeness (QED) is 0.677. The molecule has 0 aliphatic carbocycles. The average molecular weight is 447 g/mol. The Morgan fingerprint density at radius 1 is 1.28 bits per heavy atom. The lowest BCUT2D eigenvalue weighted by atomic mass is 10.1. The highest BCUT2D eigenvalue weighted by atomic mass is 32.2. The molecule has 1 unspecified atom stereocenters. The van der Waals surface area contributed by atoms with Crippen molar-refractivity contribution < 1.29 is 26.4 Å². The van der Waals surface area contributed by atoms with E-state index in [-0.39, 0.29) is 29.9 Å². The van der Waals surface area contributed by atoms with Gasteiger partial charge in [0.2, 0.25) is 5.91 Å². The standard InChI is InChI=1S/C19H21F3N2O3S2/c1-2-8-24(16-7-9-29(26,27)12-16)17(25)10-15-11-28-18(23-15)13-3-5-14(6-4-13)19(20,21)22/h3-6,11,16H,2,7-10,12H2,1H3. The van der Waals surface area contributed by atoms with Gasteiger partial charge in [0.1, 0.15) is 5.01 Å². The summed E-state index contributed by atoms with van der Waals surface area (Å²) in [6.45, 7) is 2.41. The topological polar surface area (TPSA) is 67.3 Å². The van der Waals surface area contributed by atoms with Crippen molar-refractivity contribution in [3.05, 3.63) is 40.9 Å². The molecule has 0 N–H and O–H groups in total. The summed E-state index contributed by atoms with van der Waals surface area (Å²) < 4.78 is 61.6. The fourth-order valence-corrected chi connectivity index (χ4v) is 5.91. The third kappa shape index (κ3) is 5.36. The summed E-state index contributed by atoms with van der Waals surface area (Å²) in [7, 11) is -3.10. The third-order valence-corrected chi connectivity index (χ3v) is 7.47. The largest absolute Gasteiger partial charge is 0.416 e. The number of thiazole rings is 1. The molecule has 1 aliphatic rings. The summed E-state index contributed by atoms with van der Waals surface area (Å²) in [5, 5.41) is 2.24. The summed E-state index contributed by atoms with van der Waals surface area (Å²) in [6.07, 6.45) is -3.19. The fourth-order valence-electron chi connectivity index (χ4n) is 3.35. The number of carbonyl (C=O) groups excluding carboxylic acids is 1. The van der Waals surface area contributed by atoms with Gasteiger partial charge in [-0.25, -0.2) is 13.4 Å². The lowest BCUT2D eigenvalue weighted by molar-refractivity contribution is -0.137. The lowest BCUT2D eigenvalue weighted by Gasteiger charge is -2.27. The van der Waals surface area contributed by atoms with Crippen LogP contribution in [0.4, 0.5) is 13.2 Å². The number of amides is 1. The number of hydrogen-bond acceptors (Lipinski definition) is 5. The number of sulfone groups is 1. The molecule has 1 aliphatic heterocycles. The molecule has 1 amide bonds. The second-order valence-corrected chi connectivity index (χ2v) is 10.1. The van der Waals surface area contributed by atoms with E-state index in [4.69, 9.17) is 0 Å². The molecule has 1 aromatic carbocycles. The average Bonchev–Trinajstić information content (AvgIpc) is 3.25. The maximum Gasteiger partial charge on any atom is 0.416 e. The van der Waals surface area contributed by atoms with Crippen LogP contribution >= 0.6 is 11.3 Å². The van der Waals surface area contributed by atoms with E-state index in [0.717, 1.165) is 18.6 Å². The molecule has 158 valence electrons. The van der Waals surface area contributed by atoms with Crippen LogP contribution in [-0.4, -0.2) is 48.3 Å². The van der Waals surface area contributed by atoms with E-state index in [1.54, 1.807) is 10.3 Å². The Balaban J connectivity index is 1.70. The summed E-state index contributed by atoms with van der Waals surface area (Å²) in [5.41, 5.74) is 0.348. The summed E-state index contributed by atoms with van der Waals surface area (Å²) in [5.74, 6) is -0.0924. The number of benzene rings is 1. The molecule has 1 aromatic heterocycles. The predicted molar refractivity (Wildman–Crippen MR) is 105 cm³/mol. The minimum Gasteiger partial charge on any atom is -0.338 e.